The Labute approximate surface area is 170 Å². The monoisotopic (exact) mass is 411 g/mol. The van der Waals surface area contributed by atoms with Gasteiger partial charge in [0.1, 0.15) is 5.82 Å². The van der Waals surface area contributed by atoms with Crippen molar-refractivity contribution in [3.63, 3.8) is 0 Å². The first-order chi connectivity index (χ1) is 13.5. The highest BCUT2D eigenvalue weighted by molar-refractivity contribution is 6.35. The summed E-state index contributed by atoms with van der Waals surface area (Å²) in [5.41, 5.74) is 8.97. The first-order valence-corrected chi connectivity index (χ1v) is 9.20. The molecule has 0 aliphatic carbocycles. The van der Waals surface area contributed by atoms with Crippen LogP contribution in [0, 0.1) is 0 Å². The van der Waals surface area contributed by atoms with Crippen LogP contribution in [0.5, 0.6) is 0 Å². The molecule has 0 atom stereocenters. The lowest BCUT2D eigenvalue weighted by atomic mass is 10.1. The molecule has 6 nitrogen and oxygen atoms in total. The molecule has 0 fully saturated rings. The Bertz CT molecular complexity index is 1170. The van der Waals surface area contributed by atoms with Crippen molar-refractivity contribution in [2.45, 2.75) is 6.54 Å². The van der Waals surface area contributed by atoms with E-state index >= 15 is 0 Å². The van der Waals surface area contributed by atoms with E-state index in [0.29, 0.717) is 27.8 Å². The lowest BCUT2D eigenvalue weighted by Crippen LogP contribution is -2.10. The van der Waals surface area contributed by atoms with Gasteiger partial charge in [0.05, 0.1) is 11.9 Å². The standard InChI is InChI=1S/C20H15Cl2N5O/c21-15-6-5-14(16(22)9-15)11-24-19-10-17(26-18-7-8-25-27(18)19)12-1-3-13(4-2-12)20(23)28/h1-10,24H,11H2,(H2,23,28). The quantitative estimate of drug-likeness (QED) is 0.508. The van der Waals surface area contributed by atoms with Crippen LogP contribution in [0.1, 0.15) is 15.9 Å². The van der Waals surface area contributed by atoms with Crippen molar-refractivity contribution >= 4 is 40.6 Å². The molecule has 0 unspecified atom stereocenters. The van der Waals surface area contributed by atoms with Gasteiger partial charge < -0.3 is 11.1 Å². The van der Waals surface area contributed by atoms with E-state index in [1.165, 1.54) is 0 Å². The number of nitrogens with one attached hydrogen (secondary N) is 1. The van der Waals surface area contributed by atoms with E-state index in [1.807, 2.05) is 30.3 Å². The Balaban J connectivity index is 1.68. The molecule has 2 aromatic heterocycles. The summed E-state index contributed by atoms with van der Waals surface area (Å²) < 4.78 is 1.71. The molecule has 4 rings (SSSR count). The fourth-order valence-corrected chi connectivity index (χ4v) is 3.32. The molecule has 8 heteroatoms. The molecule has 0 bridgehead atoms. The average molecular weight is 412 g/mol. The number of carbonyl (C=O) groups is 1. The lowest BCUT2D eigenvalue weighted by molar-refractivity contribution is 0.100. The van der Waals surface area contributed by atoms with Crippen molar-refractivity contribution in [3.8, 4) is 11.3 Å². The molecular formula is C20H15Cl2N5O. The Morgan fingerprint density at radius 2 is 1.86 bits per heavy atom. The van der Waals surface area contributed by atoms with E-state index in [1.54, 1.807) is 35.0 Å². The second-order valence-electron chi connectivity index (χ2n) is 6.16. The predicted octanol–water partition coefficient (Wildman–Crippen LogP) is 4.41. The second-order valence-corrected chi connectivity index (χ2v) is 7.00. The van der Waals surface area contributed by atoms with Gasteiger partial charge in [-0.3, -0.25) is 4.79 Å². The van der Waals surface area contributed by atoms with Crippen molar-refractivity contribution in [1.82, 2.24) is 14.6 Å². The molecule has 0 saturated heterocycles. The second kappa shape index (κ2) is 7.50. The number of hydrogen-bond donors (Lipinski definition) is 2. The van der Waals surface area contributed by atoms with E-state index in [4.69, 9.17) is 28.9 Å². The molecule has 0 saturated carbocycles. The number of hydrogen-bond acceptors (Lipinski definition) is 4. The van der Waals surface area contributed by atoms with Crippen LogP contribution < -0.4 is 11.1 Å². The van der Waals surface area contributed by atoms with Crippen molar-refractivity contribution < 1.29 is 4.79 Å². The van der Waals surface area contributed by atoms with Crippen molar-refractivity contribution in [3.05, 3.63) is 82.0 Å². The maximum atomic E-state index is 11.3. The molecule has 0 aliphatic rings. The third kappa shape index (κ3) is 3.65. The van der Waals surface area contributed by atoms with Gasteiger partial charge in [-0.1, -0.05) is 41.4 Å². The number of fused-ring (bicyclic) bond motifs is 1. The SMILES string of the molecule is NC(=O)c1ccc(-c2cc(NCc3ccc(Cl)cc3Cl)n3nccc3n2)cc1. The van der Waals surface area contributed by atoms with Crippen molar-refractivity contribution in [1.29, 1.82) is 0 Å². The zero-order chi connectivity index (χ0) is 19.7. The fraction of sp³-hybridized carbons (Fsp3) is 0.0500. The molecular weight excluding hydrogens is 397 g/mol. The van der Waals surface area contributed by atoms with Crippen LogP contribution in [-0.4, -0.2) is 20.5 Å². The molecule has 28 heavy (non-hydrogen) atoms. The zero-order valence-corrected chi connectivity index (χ0v) is 16.1. The van der Waals surface area contributed by atoms with E-state index in [-0.39, 0.29) is 0 Å². The number of halogens is 2. The Hall–Kier alpha value is -3.09. The van der Waals surface area contributed by atoms with Gasteiger partial charge in [-0.05, 0) is 29.8 Å². The highest BCUT2D eigenvalue weighted by Crippen LogP contribution is 2.25. The first kappa shape index (κ1) is 18.3. The number of anilines is 1. The molecule has 0 aliphatic heterocycles. The van der Waals surface area contributed by atoms with Crippen LogP contribution in [0.15, 0.2) is 60.8 Å². The molecule has 2 heterocycles. The van der Waals surface area contributed by atoms with E-state index < -0.39 is 5.91 Å². The summed E-state index contributed by atoms with van der Waals surface area (Å²) in [6.45, 7) is 0.495. The maximum absolute atomic E-state index is 11.3. The molecule has 2 aromatic carbocycles. The van der Waals surface area contributed by atoms with Gasteiger partial charge in [-0.15, -0.1) is 0 Å². The predicted molar refractivity (Wildman–Crippen MR) is 111 cm³/mol. The Morgan fingerprint density at radius 3 is 2.57 bits per heavy atom. The summed E-state index contributed by atoms with van der Waals surface area (Å²) >= 11 is 12.2. The number of aromatic nitrogens is 3. The highest BCUT2D eigenvalue weighted by Gasteiger charge is 2.10. The lowest BCUT2D eigenvalue weighted by Gasteiger charge is -2.12. The number of nitrogens with two attached hydrogens (primary N) is 1. The molecule has 1 amide bonds. The van der Waals surface area contributed by atoms with Crippen LogP contribution in [-0.2, 0) is 6.54 Å². The van der Waals surface area contributed by atoms with E-state index in [9.17, 15) is 4.79 Å². The summed E-state index contributed by atoms with van der Waals surface area (Å²) in [6, 6.07) is 16.1. The molecule has 3 N–H and O–H groups in total. The first-order valence-electron chi connectivity index (χ1n) is 8.44. The van der Waals surface area contributed by atoms with E-state index in [0.717, 1.165) is 22.6 Å². The number of rotatable bonds is 5. The van der Waals surface area contributed by atoms with Gasteiger partial charge in [-0.25, -0.2) is 4.98 Å². The van der Waals surface area contributed by atoms with Gasteiger partial charge in [0, 0.05) is 39.8 Å². The average Bonchev–Trinajstić information content (AvgIpc) is 3.16. The summed E-state index contributed by atoms with van der Waals surface area (Å²) in [7, 11) is 0. The highest BCUT2D eigenvalue weighted by atomic mass is 35.5. The third-order valence-electron chi connectivity index (χ3n) is 4.30. The van der Waals surface area contributed by atoms with Gasteiger partial charge in [0.15, 0.2) is 5.65 Å². The van der Waals surface area contributed by atoms with Crippen LogP contribution in [0.4, 0.5) is 5.82 Å². The minimum absolute atomic E-state index is 0.449. The Kier molecular flexibility index (Phi) is 4.90. The summed E-state index contributed by atoms with van der Waals surface area (Å²) in [5.74, 6) is 0.294. The van der Waals surface area contributed by atoms with Crippen LogP contribution >= 0.6 is 23.2 Å². The smallest absolute Gasteiger partial charge is 0.248 e. The van der Waals surface area contributed by atoms with Gasteiger partial charge in [0.2, 0.25) is 5.91 Å². The largest absolute Gasteiger partial charge is 0.366 e. The van der Waals surface area contributed by atoms with Gasteiger partial charge in [0.25, 0.3) is 0 Å². The van der Waals surface area contributed by atoms with Crippen molar-refractivity contribution in [2.24, 2.45) is 5.73 Å². The topological polar surface area (TPSA) is 85.3 Å². The summed E-state index contributed by atoms with van der Waals surface area (Å²) in [4.78, 5) is 15.9. The van der Waals surface area contributed by atoms with Gasteiger partial charge in [-0.2, -0.15) is 9.61 Å². The van der Waals surface area contributed by atoms with Crippen LogP contribution in [0.25, 0.3) is 16.9 Å². The zero-order valence-electron chi connectivity index (χ0n) is 14.6. The molecule has 0 radical (unpaired) electrons. The Morgan fingerprint density at radius 1 is 1.07 bits per heavy atom. The number of benzene rings is 2. The van der Waals surface area contributed by atoms with Gasteiger partial charge >= 0.3 is 0 Å². The molecule has 0 spiro atoms. The van der Waals surface area contributed by atoms with E-state index in [2.05, 4.69) is 15.4 Å². The minimum Gasteiger partial charge on any atom is -0.366 e. The number of primary amides is 1. The van der Waals surface area contributed by atoms with Crippen LogP contribution in [0.3, 0.4) is 0 Å². The number of carbonyl (C=O) groups excluding carboxylic acids is 1. The maximum Gasteiger partial charge on any atom is 0.248 e. The number of nitrogens with zero attached hydrogens (tertiary/aromatic N) is 3. The number of amides is 1. The minimum atomic E-state index is -0.465. The summed E-state index contributed by atoms with van der Waals surface area (Å²) in [5, 5.41) is 8.85. The fourth-order valence-electron chi connectivity index (χ4n) is 2.84. The normalized spacial score (nSPS) is 10.9. The summed E-state index contributed by atoms with van der Waals surface area (Å²) in [6.07, 6.45) is 1.68. The van der Waals surface area contributed by atoms with Crippen LogP contribution in [0.2, 0.25) is 10.0 Å². The van der Waals surface area contributed by atoms with Crippen molar-refractivity contribution in [2.75, 3.05) is 5.32 Å². The third-order valence-corrected chi connectivity index (χ3v) is 4.89. The molecule has 4 aromatic rings. The molecule has 140 valence electrons.